The van der Waals surface area contributed by atoms with E-state index in [1.165, 1.54) is 0 Å². The number of benzene rings is 1. The number of hydrogen-bond acceptors (Lipinski definition) is 3. The van der Waals surface area contributed by atoms with Crippen molar-refractivity contribution in [2.24, 2.45) is 0 Å². The average molecular weight is 243 g/mol. The van der Waals surface area contributed by atoms with Crippen LogP contribution >= 0.6 is 0 Å². The molecule has 5 heteroatoms. The fraction of sp³-hybridized carbons (Fsp3) is 0.231. The number of H-pyrrole nitrogens is 1. The summed E-state index contributed by atoms with van der Waals surface area (Å²) in [5.41, 5.74) is 2.06. The summed E-state index contributed by atoms with van der Waals surface area (Å²) in [7, 11) is 0. The summed E-state index contributed by atoms with van der Waals surface area (Å²) in [5, 5.41) is 10.8. The van der Waals surface area contributed by atoms with Crippen LogP contribution in [0.15, 0.2) is 30.5 Å². The third-order valence-electron chi connectivity index (χ3n) is 3.31. The molecule has 2 heterocycles. The highest BCUT2D eigenvalue weighted by Gasteiger charge is 2.36. The van der Waals surface area contributed by atoms with Crippen LogP contribution in [0.4, 0.5) is 0 Å². The zero-order valence-corrected chi connectivity index (χ0v) is 9.86. The molecule has 0 bridgehead atoms. The van der Waals surface area contributed by atoms with Gasteiger partial charge in [0, 0.05) is 23.0 Å². The van der Waals surface area contributed by atoms with Gasteiger partial charge in [-0.25, -0.2) is 0 Å². The topological polar surface area (TPSA) is 78.0 Å². The molecule has 1 amide bonds. The number of rotatable bonds is 2. The molecule has 0 spiro atoms. The molecule has 2 aromatic rings. The molecule has 3 N–H and O–H groups in total. The molecule has 0 saturated carbocycles. The number of ether oxygens (including phenoxy) is 1. The Morgan fingerprint density at radius 2 is 2.17 bits per heavy atom. The van der Waals surface area contributed by atoms with E-state index in [1.807, 2.05) is 37.4 Å². The van der Waals surface area contributed by atoms with E-state index in [2.05, 4.69) is 10.3 Å². The average Bonchev–Trinajstić information content (AvgIpc) is 2.92. The molecule has 92 valence electrons. The lowest BCUT2D eigenvalue weighted by Crippen LogP contribution is -2.28. The summed E-state index contributed by atoms with van der Waals surface area (Å²) in [6, 6.07) is 7.75. The lowest BCUT2D eigenvalue weighted by molar-refractivity contribution is -0.124. The van der Waals surface area contributed by atoms with Crippen LogP contribution in [0.25, 0.3) is 10.9 Å². The van der Waals surface area contributed by atoms with Crippen LogP contribution in [-0.4, -0.2) is 23.0 Å². The predicted octanol–water partition coefficient (Wildman–Crippen LogP) is 1.72. The van der Waals surface area contributed by atoms with Gasteiger partial charge in [0.25, 0.3) is 11.9 Å². The monoisotopic (exact) mass is 243 g/mol. The second kappa shape index (κ2) is 3.87. The number of carbonyl (C=O) groups excluding carboxylic acids is 1. The summed E-state index contributed by atoms with van der Waals surface area (Å²) in [6.45, 7) is 1.93. The van der Waals surface area contributed by atoms with Crippen LogP contribution in [0.2, 0.25) is 0 Å². The van der Waals surface area contributed by atoms with Gasteiger partial charge in [0.1, 0.15) is 0 Å². The predicted molar refractivity (Wildman–Crippen MR) is 67.5 cm³/mol. The first-order valence-corrected chi connectivity index (χ1v) is 5.79. The first kappa shape index (κ1) is 10.8. The molecule has 1 saturated heterocycles. The molecule has 2 unspecified atom stereocenters. The molecule has 3 rings (SSSR count). The Labute approximate surface area is 104 Å². The standard InChI is InChI=1S/C13H13N3O2/c1-7(11-12(17)16-13(14)18-11)9-6-15-10-5-3-2-4-8(9)10/h2-7,11,15H,1H3,(H2,14,16,17). The number of fused-ring (bicyclic) bond motifs is 1. The molecule has 5 nitrogen and oxygen atoms in total. The summed E-state index contributed by atoms with van der Waals surface area (Å²) in [6.07, 6.45) is 1.27. The Bertz CT molecular complexity index is 632. The normalized spacial score (nSPS) is 20.8. The summed E-state index contributed by atoms with van der Waals surface area (Å²) in [5.74, 6) is -0.359. The molecule has 18 heavy (non-hydrogen) atoms. The Kier molecular flexibility index (Phi) is 2.33. The second-order valence-electron chi connectivity index (χ2n) is 4.44. The molecular weight excluding hydrogens is 230 g/mol. The minimum absolute atomic E-state index is 0.107. The zero-order valence-electron chi connectivity index (χ0n) is 9.86. The van der Waals surface area contributed by atoms with E-state index in [0.29, 0.717) is 0 Å². The third-order valence-corrected chi connectivity index (χ3v) is 3.31. The van der Waals surface area contributed by atoms with Gasteiger partial charge < -0.3 is 9.72 Å². The van der Waals surface area contributed by atoms with Crippen molar-refractivity contribution in [1.82, 2.24) is 10.3 Å². The van der Waals surface area contributed by atoms with Gasteiger partial charge in [-0.1, -0.05) is 25.1 Å². The maximum absolute atomic E-state index is 11.7. The van der Waals surface area contributed by atoms with Crippen molar-refractivity contribution in [2.45, 2.75) is 18.9 Å². The van der Waals surface area contributed by atoms with Gasteiger partial charge in [-0.3, -0.25) is 15.5 Å². The Morgan fingerprint density at radius 1 is 1.39 bits per heavy atom. The lowest BCUT2D eigenvalue weighted by atomic mass is 9.94. The molecular formula is C13H13N3O2. The smallest absolute Gasteiger partial charge is 0.289 e. The number of para-hydroxylation sites is 1. The summed E-state index contributed by atoms with van der Waals surface area (Å²) in [4.78, 5) is 14.8. The molecule has 2 atom stereocenters. The number of aromatic amines is 1. The molecule has 1 aliphatic rings. The van der Waals surface area contributed by atoms with E-state index in [1.54, 1.807) is 0 Å². The third kappa shape index (κ3) is 1.55. The maximum Gasteiger partial charge on any atom is 0.289 e. The highest BCUT2D eigenvalue weighted by Crippen LogP contribution is 2.30. The Hall–Kier alpha value is -2.30. The van der Waals surface area contributed by atoms with Crippen LogP contribution in [0.3, 0.4) is 0 Å². The molecule has 1 aliphatic heterocycles. The number of amidine groups is 1. The van der Waals surface area contributed by atoms with Gasteiger partial charge in [-0.2, -0.15) is 0 Å². The summed E-state index contributed by atoms with van der Waals surface area (Å²) < 4.78 is 5.22. The Morgan fingerprint density at radius 3 is 2.89 bits per heavy atom. The van der Waals surface area contributed by atoms with E-state index < -0.39 is 6.10 Å². The number of carbonyl (C=O) groups is 1. The van der Waals surface area contributed by atoms with Crippen molar-refractivity contribution in [2.75, 3.05) is 0 Å². The van der Waals surface area contributed by atoms with E-state index in [0.717, 1.165) is 16.5 Å². The van der Waals surface area contributed by atoms with Gasteiger partial charge in [0.15, 0.2) is 6.10 Å². The number of amides is 1. The summed E-state index contributed by atoms with van der Waals surface area (Å²) >= 11 is 0. The van der Waals surface area contributed by atoms with Gasteiger partial charge in [0.2, 0.25) is 0 Å². The highest BCUT2D eigenvalue weighted by atomic mass is 16.5. The SMILES string of the molecule is CC(c1c[nH]c2ccccc12)C1OC(=N)NC1=O. The molecule has 1 aromatic carbocycles. The van der Waals surface area contributed by atoms with Gasteiger partial charge >= 0.3 is 0 Å². The zero-order chi connectivity index (χ0) is 12.7. The number of hydrogen-bond donors (Lipinski definition) is 3. The van der Waals surface area contributed by atoms with E-state index in [4.69, 9.17) is 10.1 Å². The minimum atomic E-state index is -0.628. The van der Waals surface area contributed by atoms with Crippen molar-refractivity contribution >= 4 is 22.8 Å². The quantitative estimate of drug-likeness (QED) is 0.751. The van der Waals surface area contributed by atoms with Crippen LogP contribution in [-0.2, 0) is 9.53 Å². The van der Waals surface area contributed by atoms with Crippen molar-refractivity contribution in [3.8, 4) is 0 Å². The molecule has 1 fully saturated rings. The van der Waals surface area contributed by atoms with Crippen LogP contribution < -0.4 is 5.32 Å². The largest absolute Gasteiger partial charge is 0.451 e. The lowest BCUT2D eigenvalue weighted by Gasteiger charge is -2.15. The van der Waals surface area contributed by atoms with Crippen LogP contribution in [0.1, 0.15) is 18.4 Å². The molecule has 0 radical (unpaired) electrons. The fourth-order valence-electron chi connectivity index (χ4n) is 2.36. The van der Waals surface area contributed by atoms with Crippen molar-refractivity contribution in [3.63, 3.8) is 0 Å². The van der Waals surface area contributed by atoms with Gasteiger partial charge in [0.05, 0.1) is 0 Å². The Balaban J connectivity index is 1.99. The number of nitrogens with one attached hydrogen (secondary N) is 3. The van der Waals surface area contributed by atoms with Gasteiger partial charge in [-0.05, 0) is 11.6 Å². The fourth-order valence-corrected chi connectivity index (χ4v) is 2.36. The van der Waals surface area contributed by atoms with E-state index >= 15 is 0 Å². The van der Waals surface area contributed by atoms with E-state index in [9.17, 15) is 4.79 Å². The van der Waals surface area contributed by atoms with Crippen molar-refractivity contribution in [3.05, 3.63) is 36.0 Å². The number of aromatic nitrogens is 1. The minimum Gasteiger partial charge on any atom is -0.451 e. The highest BCUT2D eigenvalue weighted by molar-refractivity contribution is 6.01. The van der Waals surface area contributed by atoms with Crippen LogP contribution in [0, 0.1) is 5.41 Å². The first-order chi connectivity index (χ1) is 8.66. The molecule has 0 aliphatic carbocycles. The van der Waals surface area contributed by atoms with Crippen molar-refractivity contribution < 1.29 is 9.53 Å². The van der Waals surface area contributed by atoms with Crippen molar-refractivity contribution in [1.29, 1.82) is 5.41 Å². The van der Waals surface area contributed by atoms with Gasteiger partial charge in [-0.15, -0.1) is 0 Å². The van der Waals surface area contributed by atoms with E-state index in [-0.39, 0.29) is 17.8 Å². The second-order valence-corrected chi connectivity index (χ2v) is 4.44. The van der Waals surface area contributed by atoms with Crippen LogP contribution in [0.5, 0.6) is 0 Å². The maximum atomic E-state index is 11.7. The molecule has 1 aromatic heterocycles. The first-order valence-electron chi connectivity index (χ1n) is 5.79.